The summed E-state index contributed by atoms with van der Waals surface area (Å²) < 4.78 is 51.8. The molecular weight excluding hydrogens is 352 g/mol. The van der Waals surface area contributed by atoms with Crippen LogP contribution >= 0.6 is 15.9 Å². The Morgan fingerprint density at radius 2 is 1.90 bits per heavy atom. The molecule has 0 aliphatic rings. The Morgan fingerprint density at radius 3 is 2.52 bits per heavy atom. The molecule has 0 fully saturated rings. The summed E-state index contributed by atoms with van der Waals surface area (Å²) in [5.41, 5.74) is 0.586. The van der Waals surface area contributed by atoms with Crippen molar-refractivity contribution in [2.45, 2.75) is 19.6 Å². The standard InChI is InChI=1S/C14H11BrF4N2/c1-8-12(2-3-13(15)21-8)20-7-9-4-10(14(17,18)19)6-11(16)5-9/h2-6,20H,7H2,1H3. The first-order valence-electron chi connectivity index (χ1n) is 5.99. The monoisotopic (exact) mass is 362 g/mol. The quantitative estimate of drug-likeness (QED) is 0.618. The van der Waals surface area contributed by atoms with E-state index in [0.717, 1.165) is 12.1 Å². The van der Waals surface area contributed by atoms with Crippen molar-refractivity contribution >= 4 is 21.6 Å². The second-order valence-corrected chi connectivity index (χ2v) is 5.28. The Hall–Kier alpha value is -1.63. The molecule has 0 amide bonds. The van der Waals surface area contributed by atoms with Crippen LogP contribution in [0.2, 0.25) is 0 Å². The Bertz CT molecular complexity index is 656. The van der Waals surface area contributed by atoms with Crippen LogP contribution in [0.25, 0.3) is 0 Å². The van der Waals surface area contributed by atoms with E-state index in [0.29, 0.717) is 22.1 Å². The number of nitrogens with one attached hydrogen (secondary N) is 1. The molecule has 0 saturated carbocycles. The molecule has 21 heavy (non-hydrogen) atoms. The summed E-state index contributed by atoms with van der Waals surface area (Å²) in [5.74, 6) is -0.910. The van der Waals surface area contributed by atoms with Crippen LogP contribution in [0.15, 0.2) is 34.9 Å². The van der Waals surface area contributed by atoms with Crippen LogP contribution in [0.3, 0.4) is 0 Å². The minimum Gasteiger partial charge on any atom is -0.379 e. The number of aryl methyl sites for hydroxylation is 1. The topological polar surface area (TPSA) is 24.9 Å². The molecule has 1 N–H and O–H groups in total. The molecule has 0 aliphatic carbocycles. The molecule has 1 heterocycles. The van der Waals surface area contributed by atoms with Crippen LogP contribution in [0.1, 0.15) is 16.8 Å². The summed E-state index contributed by atoms with van der Waals surface area (Å²) in [5, 5.41) is 2.94. The fourth-order valence-corrected chi connectivity index (χ4v) is 2.23. The van der Waals surface area contributed by atoms with Crippen LogP contribution in [-0.4, -0.2) is 4.98 Å². The molecule has 2 rings (SSSR count). The van der Waals surface area contributed by atoms with Crippen LogP contribution in [0.4, 0.5) is 23.2 Å². The average Bonchev–Trinajstić information content (AvgIpc) is 2.36. The third kappa shape index (κ3) is 4.17. The van der Waals surface area contributed by atoms with Crippen molar-refractivity contribution in [3.8, 4) is 0 Å². The summed E-state index contributed by atoms with van der Waals surface area (Å²) in [6.45, 7) is 1.84. The fraction of sp³-hybridized carbons (Fsp3) is 0.214. The van der Waals surface area contributed by atoms with Crippen LogP contribution in [0, 0.1) is 12.7 Å². The predicted octanol–water partition coefficient (Wildman–Crippen LogP) is 4.92. The molecule has 2 nitrogen and oxygen atoms in total. The van der Waals surface area contributed by atoms with E-state index in [1.807, 2.05) is 0 Å². The van der Waals surface area contributed by atoms with Gasteiger partial charge in [0.15, 0.2) is 0 Å². The first kappa shape index (κ1) is 15.8. The summed E-state index contributed by atoms with van der Waals surface area (Å²) in [6, 6.07) is 5.94. The van der Waals surface area contributed by atoms with Gasteiger partial charge in [0.1, 0.15) is 10.4 Å². The molecule has 0 radical (unpaired) electrons. The van der Waals surface area contributed by atoms with E-state index in [9.17, 15) is 17.6 Å². The van der Waals surface area contributed by atoms with Crippen molar-refractivity contribution < 1.29 is 17.6 Å². The van der Waals surface area contributed by atoms with Crippen molar-refractivity contribution in [3.05, 3.63) is 57.6 Å². The van der Waals surface area contributed by atoms with Crippen LogP contribution < -0.4 is 5.32 Å². The van der Waals surface area contributed by atoms with Gasteiger partial charge in [-0.1, -0.05) is 0 Å². The zero-order valence-electron chi connectivity index (χ0n) is 10.9. The van der Waals surface area contributed by atoms with E-state index in [1.165, 1.54) is 0 Å². The Labute approximate surface area is 127 Å². The van der Waals surface area contributed by atoms with Crippen molar-refractivity contribution in [1.82, 2.24) is 4.98 Å². The predicted molar refractivity (Wildman–Crippen MR) is 75.4 cm³/mol. The maximum absolute atomic E-state index is 13.3. The van der Waals surface area contributed by atoms with E-state index in [-0.39, 0.29) is 12.1 Å². The molecule has 112 valence electrons. The minimum absolute atomic E-state index is 0.0744. The largest absolute Gasteiger partial charge is 0.416 e. The van der Waals surface area contributed by atoms with Crippen molar-refractivity contribution in [2.75, 3.05) is 5.32 Å². The lowest BCUT2D eigenvalue weighted by Gasteiger charge is -2.12. The van der Waals surface area contributed by atoms with Crippen molar-refractivity contribution in [3.63, 3.8) is 0 Å². The maximum atomic E-state index is 13.3. The molecule has 0 spiro atoms. The molecule has 0 unspecified atom stereocenters. The van der Waals surface area contributed by atoms with Gasteiger partial charge in [-0.15, -0.1) is 0 Å². The molecule has 1 aromatic heterocycles. The second kappa shape index (κ2) is 6.01. The number of benzene rings is 1. The lowest BCUT2D eigenvalue weighted by atomic mass is 10.1. The highest BCUT2D eigenvalue weighted by Crippen LogP contribution is 2.30. The highest BCUT2D eigenvalue weighted by molar-refractivity contribution is 9.10. The Morgan fingerprint density at radius 1 is 1.19 bits per heavy atom. The van der Waals surface area contributed by atoms with Gasteiger partial charge in [0.2, 0.25) is 0 Å². The molecule has 0 atom stereocenters. The second-order valence-electron chi connectivity index (χ2n) is 4.47. The molecular formula is C14H11BrF4N2. The van der Waals surface area contributed by atoms with Crippen molar-refractivity contribution in [1.29, 1.82) is 0 Å². The number of anilines is 1. The van der Waals surface area contributed by atoms with Gasteiger partial charge in [-0.25, -0.2) is 9.37 Å². The highest BCUT2D eigenvalue weighted by atomic mass is 79.9. The number of halogens is 5. The van der Waals surface area contributed by atoms with E-state index in [4.69, 9.17) is 0 Å². The SMILES string of the molecule is Cc1nc(Br)ccc1NCc1cc(F)cc(C(F)(F)F)c1. The first-order chi connectivity index (χ1) is 9.75. The number of hydrogen-bond acceptors (Lipinski definition) is 2. The molecule has 0 aliphatic heterocycles. The number of alkyl halides is 3. The number of pyridine rings is 1. The average molecular weight is 363 g/mol. The molecule has 2 aromatic rings. The zero-order chi connectivity index (χ0) is 15.6. The summed E-state index contributed by atoms with van der Waals surface area (Å²) >= 11 is 3.22. The van der Waals surface area contributed by atoms with Gasteiger partial charge in [-0.2, -0.15) is 13.2 Å². The van der Waals surface area contributed by atoms with Gasteiger partial charge in [-0.3, -0.25) is 0 Å². The Kier molecular flexibility index (Phi) is 4.51. The molecule has 1 aromatic carbocycles. The lowest BCUT2D eigenvalue weighted by molar-refractivity contribution is -0.137. The third-order valence-electron chi connectivity index (χ3n) is 2.82. The van der Waals surface area contributed by atoms with Gasteiger partial charge in [0, 0.05) is 6.54 Å². The van der Waals surface area contributed by atoms with Crippen molar-refractivity contribution in [2.24, 2.45) is 0 Å². The van der Waals surface area contributed by atoms with E-state index in [2.05, 4.69) is 26.2 Å². The van der Waals surface area contributed by atoms with Gasteiger partial charge in [0.05, 0.1) is 16.9 Å². The normalized spacial score (nSPS) is 11.5. The molecule has 0 saturated heterocycles. The smallest absolute Gasteiger partial charge is 0.379 e. The van der Waals surface area contributed by atoms with Gasteiger partial charge < -0.3 is 5.32 Å². The van der Waals surface area contributed by atoms with E-state index < -0.39 is 17.6 Å². The molecule has 7 heteroatoms. The Balaban J connectivity index is 2.18. The number of rotatable bonds is 3. The number of aromatic nitrogens is 1. The summed E-state index contributed by atoms with van der Waals surface area (Å²) in [6.07, 6.45) is -4.56. The van der Waals surface area contributed by atoms with Gasteiger partial charge in [0.25, 0.3) is 0 Å². The highest BCUT2D eigenvalue weighted by Gasteiger charge is 2.31. The van der Waals surface area contributed by atoms with Crippen LogP contribution in [0.5, 0.6) is 0 Å². The lowest BCUT2D eigenvalue weighted by Crippen LogP contribution is -2.08. The third-order valence-corrected chi connectivity index (χ3v) is 3.26. The fourth-order valence-electron chi connectivity index (χ4n) is 1.83. The summed E-state index contributed by atoms with van der Waals surface area (Å²) in [4.78, 5) is 4.16. The number of nitrogens with zero attached hydrogens (tertiary/aromatic N) is 1. The van der Waals surface area contributed by atoms with Gasteiger partial charge in [-0.05, 0) is 58.7 Å². The summed E-state index contributed by atoms with van der Waals surface area (Å²) in [7, 11) is 0. The minimum atomic E-state index is -4.56. The van der Waals surface area contributed by atoms with E-state index in [1.54, 1.807) is 19.1 Å². The van der Waals surface area contributed by atoms with Gasteiger partial charge >= 0.3 is 6.18 Å². The molecule has 0 bridgehead atoms. The van der Waals surface area contributed by atoms with Crippen LogP contribution in [-0.2, 0) is 12.7 Å². The zero-order valence-corrected chi connectivity index (χ0v) is 12.5. The first-order valence-corrected chi connectivity index (χ1v) is 6.78. The van der Waals surface area contributed by atoms with E-state index >= 15 is 0 Å². The maximum Gasteiger partial charge on any atom is 0.416 e. The number of hydrogen-bond donors (Lipinski definition) is 1.